The zero-order valence-electron chi connectivity index (χ0n) is 8.64. The maximum Gasteiger partial charge on any atom is 0.126 e. The van der Waals surface area contributed by atoms with Gasteiger partial charge < -0.3 is 9.73 Å². The van der Waals surface area contributed by atoms with E-state index >= 15 is 0 Å². The molecule has 4 heteroatoms. The second-order valence-corrected chi connectivity index (χ2v) is 4.03. The summed E-state index contributed by atoms with van der Waals surface area (Å²) in [4.78, 5) is 4.32. The van der Waals surface area contributed by atoms with Crippen molar-refractivity contribution in [3.8, 4) is 0 Å². The molecular weight excluding hydrogens is 208 g/mol. The molecule has 0 aliphatic rings. The zero-order valence-corrected chi connectivity index (χ0v) is 9.46. The molecule has 0 saturated heterocycles. The van der Waals surface area contributed by atoms with Gasteiger partial charge in [0.25, 0.3) is 0 Å². The minimum Gasteiger partial charge on any atom is -0.467 e. The van der Waals surface area contributed by atoms with Gasteiger partial charge in [0, 0.05) is 5.38 Å². The summed E-state index contributed by atoms with van der Waals surface area (Å²) in [5.41, 5.74) is 2.88. The van der Waals surface area contributed by atoms with Crippen LogP contribution in [0.2, 0.25) is 0 Å². The van der Waals surface area contributed by atoms with Gasteiger partial charge in [0.1, 0.15) is 11.8 Å². The molecule has 2 rings (SSSR count). The van der Waals surface area contributed by atoms with Crippen LogP contribution in [-0.4, -0.2) is 11.5 Å². The fraction of sp³-hybridized carbons (Fsp3) is 0.364. The van der Waals surface area contributed by atoms with E-state index in [4.69, 9.17) is 4.42 Å². The monoisotopic (exact) mass is 222 g/mol. The molecule has 0 spiro atoms. The molecule has 0 aliphatic heterocycles. The van der Waals surface area contributed by atoms with E-state index in [1.54, 1.807) is 17.6 Å². The van der Waals surface area contributed by atoms with Gasteiger partial charge >= 0.3 is 0 Å². The average Bonchev–Trinajstić information content (AvgIpc) is 2.90. The van der Waals surface area contributed by atoms with Crippen molar-refractivity contribution in [2.24, 2.45) is 0 Å². The summed E-state index contributed by atoms with van der Waals surface area (Å²) < 4.78 is 5.42. The smallest absolute Gasteiger partial charge is 0.126 e. The van der Waals surface area contributed by atoms with Crippen LogP contribution in [0.15, 0.2) is 33.7 Å². The second-order valence-electron chi connectivity index (χ2n) is 3.32. The Morgan fingerprint density at radius 1 is 1.60 bits per heavy atom. The lowest BCUT2D eigenvalue weighted by Gasteiger charge is -2.13. The van der Waals surface area contributed by atoms with Gasteiger partial charge in [-0.2, -0.15) is 0 Å². The lowest BCUT2D eigenvalue weighted by molar-refractivity contribution is 0.442. The third-order valence-electron chi connectivity index (χ3n) is 2.17. The van der Waals surface area contributed by atoms with Crippen molar-refractivity contribution in [1.29, 1.82) is 0 Å². The molecule has 80 valence electrons. The second kappa shape index (κ2) is 5.09. The minimum atomic E-state index is 0.0891. The molecule has 1 atom stereocenters. The van der Waals surface area contributed by atoms with Gasteiger partial charge in [0.05, 0.1) is 17.5 Å². The highest BCUT2D eigenvalue weighted by Crippen LogP contribution is 2.22. The van der Waals surface area contributed by atoms with Gasteiger partial charge in [-0.25, -0.2) is 4.98 Å². The minimum absolute atomic E-state index is 0.0891. The van der Waals surface area contributed by atoms with Gasteiger partial charge in [-0.05, 0) is 25.1 Å². The molecule has 0 bridgehead atoms. The molecule has 0 aliphatic carbocycles. The molecule has 0 amide bonds. The van der Waals surface area contributed by atoms with E-state index in [9.17, 15) is 0 Å². The van der Waals surface area contributed by atoms with E-state index in [2.05, 4.69) is 22.6 Å². The number of hydrogen-bond donors (Lipinski definition) is 1. The van der Waals surface area contributed by atoms with Crippen LogP contribution >= 0.6 is 11.3 Å². The molecule has 0 saturated carbocycles. The van der Waals surface area contributed by atoms with E-state index in [1.165, 1.54) is 0 Å². The van der Waals surface area contributed by atoms with Crippen LogP contribution in [0.4, 0.5) is 0 Å². The number of aromatic nitrogens is 1. The van der Waals surface area contributed by atoms with E-state index in [-0.39, 0.29) is 6.04 Å². The molecule has 15 heavy (non-hydrogen) atoms. The number of furan rings is 1. The lowest BCUT2D eigenvalue weighted by atomic mass is 10.1. The Morgan fingerprint density at radius 2 is 2.53 bits per heavy atom. The molecule has 1 unspecified atom stereocenters. The largest absolute Gasteiger partial charge is 0.467 e. The third-order valence-corrected chi connectivity index (χ3v) is 2.78. The molecule has 1 N–H and O–H groups in total. The predicted octanol–water partition coefficient (Wildman–Crippen LogP) is 2.83. The number of hydrogen-bond acceptors (Lipinski definition) is 4. The molecule has 0 fully saturated rings. The van der Waals surface area contributed by atoms with Crippen molar-refractivity contribution >= 4 is 11.3 Å². The summed E-state index contributed by atoms with van der Waals surface area (Å²) in [7, 11) is 0. The highest BCUT2D eigenvalue weighted by atomic mass is 32.1. The predicted molar refractivity (Wildman–Crippen MR) is 61.0 cm³/mol. The highest BCUT2D eigenvalue weighted by Gasteiger charge is 2.17. The van der Waals surface area contributed by atoms with Crippen LogP contribution in [0.5, 0.6) is 0 Å². The fourth-order valence-electron chi connectivity index (χ4n) is 1.46. The van der Waals surface area contributed by atoms with Crippen molar-refractivity contribution in [3.05, 3.63) is 40.7 Å². The average molecular weight is 222 g/mol. The third kappa shape index (κ3) is 2.46. The van der Waals surface area contributed by atoms with Gasteiger partial charge in [-0.3, -0.25) is 0 Å². The Morgan fingerprint density at radius 3 is 3.13 bits per heavy atom. The molecular formula is C11H14N2OS. The highest BCUT2D eigenvalue weighted by molar-refractivity contribution is 7.07. The van der Waals surface area contributed by atoms with E-state index in [1.807, 2.05) is 17.6 Å². The van der Waals surface area contributed by atoms with E-state index < -0.39 is 0 Å². The van der Waals surface area contributed by atoms with Gasteiger partial charge in [-0.1, -0.05) is 6.92 Å². The van der Waals surface area contributed by atoms with Crippen molar-refractivity contribution in [2.75, 3.05) is 6.54 Å². The van der Waals surface area contributed by atoms with Crippen molar-refractivity contribution in [3.63, 3.8) is 0 Å². The van der Waals surface area contributed by atoms with Crippen LogP contribution in [0.25, 0.3) is 0 Å². The summed E-state index contributed by atoms with van der Waals surface area (Å²) in [6, 6.07) is 3.97. The first kappa shape index (κ1) is 10.4. The molecule has 0 aromatic carbocycles. The summed E-state index contributed by atoms with van der Waals surface area (Å²) in [5.74, 6) is 0.925. The fourth-order valence-corrected chi connectivity index (χ4v) is 2.04. The van der Waals surface area contributed by atoms with E-state index in [0.717, 1.165) is 24.4 Å². The Hall–Kier alpha value is -1.13. The summed E-state index contributed by atoms with van der Waals surface area (Å²) in [6.45, 7) is 3.11. The first-order valence-corrected chi connectivity index (χ1v) is 6.01. The van der Waals surface area contributed by atoms with Crippen molar-refractivity contribution < 1.29 is 4.42 Å². The summed E-state index contributed by atoms with van der Waals surface area (Å²) >= 11 is 1.61. The molecule has 2 heterocycles. The normalized spacial score (nSPS) is 12.9. The quantitative estimate of drug-likeness (QED) is 0.845. The Bertz CT molecular complexity index is 335. The molecule has 2 aromatic heterocycles. The standard InChI is InChI=1S/C11H14N2OS/c1-2-5-12-11(9-7-15-8-13-9)10-4-3-6-14-10/h3-4,6-8,11-12H,2,5H2,1H3. The van der Waals surface area contributed by atoms with Crippen LogP contribution < -0.4 is 5.32 Å². The Balaban J connectivity index is 2.17. The van der Waals surface area contributed by atoms with Gasteiger partial charge in [-0.15, -0.1) is 11.3 Å². The number of nitrogens with zero attached hydrogens (tertiary/aromatic N) is 1. The lowest BCUT2D eigenvalue weighted by Crippen LogP contribution is -2.22. The van der Waals surface area contributed by atoms with Gasteiger partial charge in [0.2, 0.25) is 0 Å². The maximum atomic E-state index is 5.42. The van der Waals surface area contributed by atoms with E-state index in [0.29, 0.717) is 0 Å². The number of nitrogens with one attached hydrogen (secondary N) is 1. The maximum absolute atomic E-state index is 5.42. The molecule has 3 nitrogen and oxygen atoms in total. The van der Waals surface area contributed by atoms with Crippen molar-refractivity contribution in [1.82, 2.24) is 10.3 Å². The van der Waals surface area contributed by atoms with Crippen LogP contribution in [0, 0.1) is 0 Å². The Kier molecular flexibility index (Phi) is 3.53. The Labute approximate surface area is 93.2 Å². The zero-order chi connectivity index (χ0) is 10.5. The summed E-state index contributed by atoms with van der Waals surface area (Å²) in [6.07, 6.45) is 2.80. The first-order valence-electron chi connectivity index (χ1n) is 5.06. The van der Waals surface area contributed by atoms with Crippen molar-refractivity contribution in [2.45, 2.75) is 19.4 Å². The van der Waals surface area contributed by atoms with Gasteiger partial charge in [0.15, 0.2) is 0 Å². The molecule has 0 radical (unpaired) electrons. The van der Waals surface area contributed by atoms with Crippen LogP contribution in [0.1, 0.15) is 30.8 Å². The summed E-state index contributed by atoms with van der Waals surface area (Å²) in [5, 5.41) is 5.48. The molecule has 2 aromatic rings. The first-order chi connectivity index (χ1) is 7.42. The van der Waals surface area contributed by atoms with Crippen LogP contribution in [0.3, 0.4) is 0 Å². The number of rotatable bonds is 5. The topological polar surface area (TPSA) is 38.1 Å². The number of thiazole rings is 1. The van der Waals surface area contributed by atoms with Crippen LogP contribution in [-0.2, 0) is 0 Å². The SMILES string of the molecule is CCCNC(c1cscn1)c1ccco1.